The van der Waals surface area contributed by atoms with Crippen LogP contribution in [0, 0.1) is 0 Å². The van der Waals surface area contributed by atoms with Gasteiger partial charge in [0.2, 0.25) is 0 Å². The molecular formula is C13H16O3. The Morgan fingerprint density at radius 1 is 1.44 bits per heavy atom. The lowest BCUT2D eigenvalue weighted by Crippen LogP contribution is -2.20. The third-order valence-corrected chi connectivity index (χ3v) is 2.03. The molecule has 1 unspecified atom stereocenters. The zero-order valence-corrected chi connectivity index (χ0v) is 9.30. The van der Waals surface area contributed by atoms with Crippen LogP contribution in [0.4, 0.5) is 0 Å². The van der Waals surface area contributed by atoms with Crippen LogP contribution in [-0.2, 0) is 16.0 Å². The van der Waals surface area contributed by atoms with E-state index in [-0.39, 0.29) is 6.61 Å². The minimum absolute atomic E-state index is 0.0259. The van der Waals surface area contributed by atoms with Crippen LogP contribution in [-0.4, -0.2) is 23.8 Å². The van der Waals surface area contributed by atoms with Crippen molar-refractivity contribution in [2.24, 2.45) is 0 Å². The van der Waals surface area contributed by atoms with Crippen LogP contribution in [0.2, 0.25) is 0 Å². The summed E-state index contributed by atoms with van der Waals surface area (Å²) in [6, 6.07) is 9.59. The molecule has 0 radical (unpaired) electrons. The number of allylic oxidation sites excluding steroid dienone is 1. The Labute approximate surface area is 95.4 Å². The molecule has 1 rings (SSSR count). The largest absolute Gasteiger partial charge is 0.460 e. The highest BCUT2D eigenvalue weighted by Gasteiger charge is 2.07. The van der Waals surface area contributed by atoms with Gasteiger partial charge in [0.1, 0.15) is 6.61 Å². The van der Waals surface area contributed by atoms with E-state index in [2.05, 4.69) is 0 Å². The van der Waals surface area contributed by atoms with Gasteiger partial charge in [-0.15, -0.1) is 0 Å². The van der Waals surface area contributed by atoms with Crippen molar-refractivity contribution in [3.8, 4) is 0 Å². The Balaban J connectivity index is 2.31. The van der Waals surface area contributed by atoms with E-state index in [1.54, 1.807) is 13.0 Å². The van der Waals surface area contributed by atoms with Gasteiger partial charge in [0.15, 0.2) is 0 Å². The van der Waals surface area contributed by atoms with Gasteiger partial charge in [0.05, 0.1) is 6.10 Å². The van der Waals surface area contributed by atoms with Gasteiger partial charge in [-0.05, 0) is 12.5 Å². The molecule has 3 heteroatoms. The molecule has 86 valence electrons. The normalized spacial score (nSPS) is 12.6. The van der Waals surface area contributed by atoms with E-state index >= 15 is 0 Å². The predicted molar refractivity (Wildman–Crippen MR) is 61.9 cm³/mol. The number of aliphatic hydroxyl groups excluding tert-OH is 1. The molecule has 0 amide bonds. The van der Waals surface area contributed by atoms with Gasteiger partial charge in [0, 0.05) is 12.5 Å². The Bertz CT molecular complexity index is 343. The fourth-order valence-corrected chi connectivity index (χ4v) is 1.31. The lowest BCUT2D eigenvalue weighted by molar-refractivity contribution is -0.140. The first-order valence-electron chi connectivity index (χ1n) is 5.24. The number of hydrogen-bond donors (Lipinski definition) is 1. The van der Waals surface area contributed by atoms with Gasteiger partial charge in [-0.1, -0.05) is 36.4 Å². The number of ether oxygens (including phenoxy) is 1. The Morgan fingerprint density at radius 2 is 2.12 bits per heavy atom. The Kier molecular flexibility index (Phi) is 5.29. The molecule has 1 N–H and O–H groups in total. The summed E-state index contributed by atoms with van der Waals surface area (Å²) in [5.41, 5.74) is 1.03. The highest BCUT2D eigenvalue weighted by molar-refractivity contribution is 5.81. The van der Waals surface area contributed by atoms with Crippen molar-refractivity contribution >= 4 is 5.97 Å². The quantitative estimate of drug-likeness (QED) is 0.607. The van der Waals surface area contributed by atoms with E-state index < -0.39 is 12.1 Å². The Morgan fingerprint density at radius 3 is 2.75 bits per heavy atom. The third kappa shape index (κ3) is 4.75. The number of carbonyl (C=O) groups is 1. The molecule has 0 aromatic heterocycles. The molecule has 0 aliphatic rings. The summed E-state index contributed by atoms with van der Waals surface area (Å²) in [4.78, 5) is 11.0. The molecular weight excluding hydrogens is 204 g/mol. The van der Waals surface area contributed by atoms with Crippen molar-refractivity contribution in [3.05, 3.63) is 48.0 Å². The van der Waals surface area contributed by atoms with Crippen molar-refractivity contribution in [3.63, 3.8) is 0 Å². The summed E-state index contributed by atoms with van der Waals surface area (Å²) < 4.78 is 4.84. The zero-order valence-electron chi connectivity index (χ0n) is 9.30. The topological polar surface area (TPSA) is 46.5 Å². The molecule has 0 saturated heterocycles. The van der Waals surface area contributed by atoms with Gasteiger partial charge in [-0.3, -0.25) is 0 Å². The maximum Gasteiger partial charge on any atom is 0.330 e. The first-order valence-corrected chi connectivity index (χ1v) is 5.24. The van der Waals surface area contributed by atoms with Gasteiger partial charge in [0.25, 0.3) is 0 Å². The lowest BCUT2D eigenvalue weighted by atomic mass is 10.1. The predicted octanol–water partition coefficient (Wildman–Crippen LogP) is 1.71. The monoisotopic (exact) mass is 220 g/mol. The van der Waals surface area contributed by atoms with E-state index in [0.29, 0.717) is 6.42 Å². The van der Waals surface area contributed by atoms with Crippen LogP contribution in [0.15, 0.2) is 42.5 Å². The van der Waals surface area contributed by atoms with E-state index in [9.17, 15) is 9.90 Å². The van der Waals surface area contributed by atoms with Crippen molar-refractivity contribution in [2.45, 2.75) is 19.4 Å². The molecule has 16 heavy (non-hydrogen) atoms. The van der Waals surface area contributed by atoms with Crippen LogP contribution >= 0.6 is 0 Å². The second-order valence-electron chi connectivity index (χ2n) is 3.47. The Hall–Kier alpha value is -1.61. The molecule has 1 aromatic carbocycles. The van der Waals surface area contributed by atoms with Gasteiger partial charge >= 0.3 is 5.97 Å². The van der Waals surface area contributed by atoms with Crippen LogP contribution in [0.3, 0.4) is 0 Å². The molecule has 0 spiro atoms. The number of benzene rings is 1. The van der Waals surface area contributed by atoms with Crippen LogP contribution < -0.4 is 0 Å². The number of esters is 1. The molecule has 1 atom stereocenters. The standard InChI is InChI=1S/C13H16O3/c1-2-6-13(15)16-10-12(14)9-11-7-4-3-5-8-11/h2-8,12,14H,9-10H2,1H3. The van der Waals surface area contributed by atoms with Crippen molar-refractivity contribution in [2.75, 3.05) is 6.61 Å². The van der Waals surface area contributed by atoms with Crippen molar-refractivity contribution in [1.29, 1.82) is 0 Å². The summed E-state index contributed by atoms with van der Waals surface area (Å²) in [7, 11) is 0. The van der Waals surface area contributed by atoms with Crippen LogP contribution in [0.1, 0.15) is 12.5 Å². The van der Waals surface area contributed by atoms with Gasteiger partial charge in [-0.2, -0.15) is 0 Å². The minimum atomic E-state index is -0.656. The SMILES string of the molecule is CC=CC(=O)OCC(O)Cc1ccccc1. The maximum absolute atomic E-state index is 11.0. The average Bonchev–Trinajstić information content (AvgIpc) is 2.28. The summed E-state index contributed by atoms with van der Waals surface area (Å²) >= 11 is 0. The second kappa shape index (κ2) is 6.80. The molecule has 1 aromatic rings. The minimum Gasteiger partial charge on any atom is -0.460 e. The molecule has 0 bridgehead atoms. The highest BCUT2D eigenvalue weighted by atomic mass is 16.5. The second-order valence-corrected chi connectivity index (χ2v) is 3.47. The number of rotatable bonds is 5. The summed E-state index contributed by atoms with van der Waals surface area (Å²) in [5, 5.41) is 9.62. The van der Waals surface area contributed by atoms with E-state index in [1.807, 2.05) is 30.3 Å². The first kappa shape index (κ1) is 12.5. The number of hydrogen-bond acceptors (Lipinski definition) is 3. The van der Waals surface area contributed by atoms with Crippen molar-refractivity contribution in [1.82, 2.24) is 0 Å². The maximum atomic E-state index is 11.0. The van der Waals surface area contributed by atoms with E-state index in [1.165, 1.54) is 6.08 Å². The molecule has 0 saturated carbocycles. The number of aliphatic hydroxyl groups is 1. The van der Waals surface area contributed by atoms with E-state index in [4.69, 9.17) is 4.74 Å². The van der Waals surface area contributed by atoms with Crippen LogP contribution in [0.5, 0.6) is 0 Å². The molecule has 0 aliphatic heterocycles. The van der Waals surface area contributed by atoms with Crippen molar-refractivity contribution < 1.29 is 14.6 Å². The molecule has 0 aliphatic carbocycles. The number of carbonyl (C=O) groups excluding carboxylic acids is 1. The zero-order chi connectivity index (χ0) is 11.8. The summed E-state index contributed by atoms with van der Waals surface area (Å²) in [5.74, 6) is -0.422. The first-order chi connectivity index (χ1) is 7.72. The average molecular weight is 220 g/mol. The fraction of sp³-hybridized carbons (Fsp3) is 0.308. The molecule has 0 heterocycles. The summed E-state index contributed by atoms with van der Waals surface area (Å²) in [6.45, 7) is 1.76. The molecule has 0 fully saturated rings. The van der Waals surface area contributed by atoms with Gasteiger partial charge in [-0.25, -0.2) is 4.79 Å². The molecule has 3 nitrogen and oxygen atoms in total. The highest BCUT2D eigenvalue weighted by Crippen LogP contribution is 2.03. The van der Waals surface area contributed by atoms with Gasteiger partial charge < -0.3 is 9.84 Å². The third-order valence-electron chi connectivity index (χ3n) is 2.03. The summed E-state index contributed by atoms with van der Waals surface area (Å²) in [6.07, 6.45) is 2.77. The smallest absolute Gasteiger partial charge is 0.330 e. The fourth-order valence-electron chi connectivity index (χ4n) is 1.31. The van der Waals surface area contributed by atoms with E-state index in [0.717, 1.165) is 5.56 Å². The lowest BCUT2D eigenvalue weighted by Gasteiger charge is -2.10. The van der Waals surface area contributed by atoms with Crippen LogP contribution in [0.25, 0.3) is 0 Å².